The highest BCUT2D eigenvalue weighted by Crippen LogP contribution is 2.31. The van der Waals surface area contributed by atoms with Gasteiger partial charge in [-0.25, -0.2) is 9.37 Å². The van der Waals surface area contributed by atoms with E-state index in [0.717, 1.165) is 0 Å². The first-order valence-corrected chi connectivity index (χ1v) is 8.02. The first kappa shape index (κ1) is 16.2. The molecule has 0 saturated heterocycles. The van der Waals surface area contributed by atoms with Gasteiger partial charge in [0.05, 0.1) is 20.5 Å². The molecule has 0 atom stereocenters. The third-order valence-electron chi connectivity index (χ3n) is 2.57. The predicted octanol–water partition coefficient (Wildman–Crippen LogP) is 4.77. The highest BCUT2D eigenvalue weighted by atomic mass is 127. The first-order chi connectivity index (χ1) is 9.31. The van der Waals surface area contributed by atoms with E-state index in [9.17, 15) is 17.6 Å². The van der Waals surface area contributed by atoms with Crippen LogP contribution in [-0.4, -0.2) is 20.8 Å². The van der Waals surface area contributed by atoms with Gasteiger partial charge in [0.2, 0.25) is 0 Å². The van der Waals surface area contributed by atoms with Gasteiger partial charge in [-0.1, -0.05) is 0 Å². The summed E-state index contributed by atoms with van der Waals surface area (Å²) in [6.07, 6.45) is 0. The lowest BCUT2D eigenvalue weighted by molar-refractivity contribution is -0.0328. The topological polar surface area (TPSA) is 17.8 Å². The van der Waals surface area contributed by atoms with Crippen LogP contribution in [-0.2, 0) is 12.4 Å². The van der Waals surface area contributed by atoms with Gasteiger partial charge in [-0.05, 0) is 40.4 Å². The van der Waals surface area contributed by atoms with Crippen LogP contribution >= 0.6 is 46.0 Å². The molecule has 2 rings (SSSR count). The van der Waals surface area contributed by atoms with Crippen molar-refractivity contribution in [3.8, 4) is 0 Å². The minimum absolute atomic E-state index is 0.0591. The number of halogens is 6. The zero-order chi connectivity index (χ0) is 14.9. The molecular formula is C11H8ClF4IN2S. The molecule has 1 heterocycles. The number of imidazole rings is 1. The summed E-state index contributed by atoms with van der Waals surface area (Å²) in [5, 5.41) is 0. The van der Waals surface area contributed by atoms with E-state index in [2.05, 4.69) is 4.98 Å². The molecular weight excluding hydrogens is 431 g/mol. The molecule has 0 saturated carbocycles. The maximum absolute atomic E-state index is 13.6. The molecule has 1 aromatic heterocycles. The predicted molar refractivity (Wildman–Crippen MR) is 80.5 cm³/mol. The fraction of sp³-hybridized carbons (Fsp3) is 0.364. The molecule has 2 nitrogen and oxygen atoms in total. The summed E-state index contributed by atoms with van der Waals surface area (Å²) >= 11 is 7.46. The van der Waals surface area contributed by atoms with Gasteiger partial charge in [0.1, 0.15) is 11.6 Å². The van der Waals surface area contributed by atoms with Crippen LogP contribution in [0.2, 0.25) is 0 Å². The Morgan fingerprint density at radius 3 is 2.65 bits per heavy atom. The van der Waals surface area contributed by atoms with Crippen molar-refractivity contribution < 1.29 is 17.6 Å². The van der Waals surface area contributed by atoms with Gasteiger partial charge in [-0.15, -0.1) is 11.6 Å². The molecule has 0 N–H and O–H groups in total. The molecule has 9 heteroatoms. The Hall–Kier alpha value is -0.220. The van der Waals surface area contributed by atoms with E-state index in [1.165, 1.54) is 10.6 Å². The first-order valence-electron chi connectivity index (χ1n) is 5.42. The summed E-state index contributed by atoms with van der Waals surface area (Å²) in [6, 6.07) is 2.83. The van der Waals surface area contributed by atoms with Gasteiger partial charge in [-0.2, -0.15) is 13.2 Å². The van der Waals surface area contributed by atoms with Gasteiger partial charge >= 0.3 is 5.51 Å². The smallest absolute Gasteiger partial charge is 0.326 e. The van der Waals surface area contributed by atoms with Crippen molar-refractivity contribution in [1.29, 1.82) is 0 Å². The molecule has 0 amide bonds. The van der Waals surface area contributed by atoms with Crippen LogP contribution in [0.25, 0.3) is 11.0 Å². The van der Waals surface area contributed by atoms with Crippen molar-refractivity contribution in [2.75, 3.05) is 5.75 Å². The third-order valence-corrected chi connectivity index (χ3v) is 4.35. The monoisotopic (exact) mass is 438 g/mol. The van der Waals surface area contributed by atoms with Crippen LogP contribution in [0, 0.1) is 9.39 Å². The van der Waals surface area contributed by atoms with Crippen LogP contribution in [0.1, 0.15) is 5.82 Å². The number of nitrogens with zero attached hydrogens (tertiary/aromatic N) is 2. The number of fused-ring (bicyclic) bond motifs is 1. The maximum Gasteiger partial charge on any atom is 0.441 e. The van der Waals surface area contributed by atoms with E-state index in [-0.39, 0.29) is 29.9 Å². The Kier molecular flexibility index (Phi) is 5.06. The maximum atomic E-state index is 13.6. The lowest BCUT2D eigenvalue weighted by atomic mass is 10.3. The van der Waals surface area contributed by atoms with Crippen molar-refractivity contribution in [2.24, 2.45) is 0 Å². The van der Waals surface area contributed by atoms with E-state index < -0.39 is 11.3 Å². The fourth-order valence-electron chi connectivity index (χ4n) is 1.77. The van der Waals surface area contributed by atoms with E-state index in [0.29, 0.717) is 20.4 Å². The number of thioether (sulfide) groups is 1. The Balaban J connectivity index is 2.33. The van der Waals surface area contributed by atoms with Crippen molar-refractivity contribution in [1.82, 2.24) is 9.55 Å². The summed E-state index contributed by atoms with van der Waals surface area (Å²) in [4.78, 5) is 4.22. The largest absolute Gasteiger partial charge is 0.441 e. The minimum Gasteiger partial charge on any atom is -0.326 e. The molecule has 0 aliphatic heterocycles. The van der Waals surface area contributed by atoms with Crippen LogP contribution in [0.15, 0.2) is 12.1 Å². The summed E-state index contributed by atoms with van der Waals surface area (Å²) < 4.78 is 52.0. The molecule has 0 fully saturated rings. The van der Waals surface area contributed by atoms with E-state index in [4.69, 9.17) is 11.6 Å². The molecule has 110 valence electrons. The second kappa shape index (κ2) is 6.27. The number of aromatic nitrogens is 2. The summed E-state index contributed by atoms with van der Waals surface area (Å²) in [5.41, 5.74) is -3.29. The average Bonchev–Trinajstić information content (AvgIpc) is 2.66. The molecule has 0 bridgehead atoms. The summed E-state index contributed by atoms with van der Waals surface area (Å²) in [5.74, 6) is -0.106. The second-order valence-corrected chi connectivity index (χ2v) is 6.45. The van der Waals surface area contributed by atoms with E-state index in [1.807, 2.05) is 22.6 Å². The van der Waals surface area contributed by atoms with Gasteiger partial charge in [0.25, 0.3) is 0 Å². The third kappa shape index (κ3) is 3.70. The van der Waals surface area contributed by atoms with Crippen LogP contribution in [0.5, 0.6) is 0 Å². The van der Waals surface area contributed by atoms with Crippen molar-refractivity contribution in [2.45, 2.75) is 17.9 Å². The summed E-state index contributed by atoms with van der Waals surface area (Å²) in [7, 11) is 0. The van der Waals surface area contributed by atoms with Gasteiger partial charge in [-0.3, -0.25) is 0 Å². The molecule has 20 heavy (non-hydrogen) atoms. The van der Waals surface area contributed by atoms with Crippen LogP contribution in [0.4, 0.5) is 17.6 Å². The lowest BCUT2D eigenvalue weighted by Crippen LogP contribution is -2.09. The minimum atomic E-state index is -4.28. The quantitative estimate of drug-likeness (QED) is 0.389. The molecule has 0 radical (unpaired) electrons. The lowest BCUT2D eigenvalue weighted by Gasteiger charge is -2.09. The van der Waals surface area contributed by atoms with Crippen molar-refractivity contribution in [3.63, 3.8) is 0 Å². The molecule has 0 unspecified atom stereocenters. The van der Waals surface area contributed by atoms with E-state index in [1.54, 1.807) is 6.07 Å². The molecule has 1 aromatic carbocycles. The Labute approximate surface area is 135 Å². The number of hydrogen-bond acceptors (Lipinski definition) is 2. The Morgan fingerprint density at radius 2 is 2.05 bits per heavy atom. The average molecular weight is 439 g/mol. The van der Waals surface area contributed by atoms with Crippen LogP contribution in [0.3, 0.4) is 0 Å². The van der Waals surface area contributed by atoms with Gasteiger partial charge in [0, 0.05) is 18.4 Å². The molecule has 0 aliphatic carbocycles. The van der Waals surface area contributed by atoms with Gasteiger partial charge in [0.15, 0.2) is 0 Å². The molecule has 0 spiro atoms. The Bertz CT molecular complexity index is 629. The number of hydrogen-bond donors (Lipinski definition) is 0. The fourth-order valence-corrected chi connectivity index (χ4v) is 2.93. The van der Waals surface area contributed by atoms with Crippen molar-refractivity contribution >= 4 is 57.0 Å². The SMILES string of the molecule is Fc1cc2c(cc1I)nc(CCl)n2CCSC(F)(F)F. The number of benzene rings is 1. The molecule has 0 aliphatic rings. The number of alkyl halides is 4. The highest BCUT2D eigenvalue weighted by molar-refractivity contribution is 14.1. The van der Waals surface area contributed by atoms with Gasteiger partial charge < -0.3 is 4.57 Å². The highest BCUT2D eigenvalue weighted by Gasteiger charge is 2.27. The summed E-state index contributed by atoms with van der Waals surface area (Å²) in [6.45, 7) is 0.0722. The standard InChI is InChI=1S/C11H8ClF4IN2S/c12-5-10-18-8-4-7(17)6(13)3-9(8)19(10)1-2-20-11(14,15)16/h3-4H,1-2,5H2. The Morgan fingerprint density at radius 1 is 1.35 bits per heavy atom. The zero-order valence-electron chi connectivity index (χ0n) is 9.85. The number of aryl methyl sites for hydroxylation is 1. The number of rotatable bonds is 4. The van der Waals surface area contributed by atoms with Crippen molar-refractivity contribution in [3.05, 3.63) is 27.3 Å². The van der Waals surface area contributed by atoms with E-state index >= 15 is 0 Å². The normalized spacial score (nSPS) is 12.3. The zero-order valence-corrected chi connectivity index (χ0v) is 13.6. The van der Waals surface area contributed by atoms with Crippen LogP contribution < -0.4 is 0 Å². The second-order valence-electron chi connectivity index (χ2n) is 3.86. The molecule has 2 aromatic rings.